The molecule has 3 nitrogen and oxygen atoms in total. The van der Waals surface area contributed by atoms with Crippen LogP contribution in [0.1, 0.15) is 26.2 Å². The maximum Gasteiger partial charge on any atom is 0.231 e. The molecule has 3 N–H and O–H groups in total. The molecular formula is C9H16N2O. The molecule has 0 aromatic rings. The predicted molar refractivity (Wildman–Crippen MR) is 48.6 cm³/mol. The van der Waals surface area contributed by atoms with Crippen molar-refractivity contribution in [3.8, 4) is 0 Å². The average molecular weight is 168 g/mol. The monoisotopic (exact) mass is 168 g/mol. The average Bonchev–Trinajstić information content (AvgIpc) is 2.03. The fourth-order valence-corrected chi connectivity index (χ4v) is 1.43. The number of hydrogen-bond acceptors (Lipinski definition) is 2. The zero-order chi connectivity index (χ0) is 9.03. The van der Waals surface area contributed by atoms with Crippen LogP contribution in [0.4, 0.5) is 0 Å². The molecule has 0 heterocycles. The van der Waals surface area contributed by atoms with Crippen LogP contribution in [-0.4, -0.2) is 18.0 Å². The van der Waals surface area contributed by atoms with Crippen LogP contribution in [0.25, 0.3) is 0 Å². The van der Waals surface area contributed by atoms with Gasteiger partial charge in [-0.2, -0.15) is 0 Å². The van der Waals surface area contributed by atoms with E-state index in [0.29, 0.717) is 0 Å². The van der Waals surface area contributed by atoms with Crippen LogP contribution in [0.2, 0.25) is 0 Å². The molecule has 1 aliphatic rings. The molecule has 0 saturated carbocycles. The lowest BCUT2D eigenvalue weighted by molar-refractivity contribution is -0.117. The van der Waals surface area contributed by atoms with Gasteiger partial charge in [0.25, 0.3) is 0 Å². The second-order valence-electron chi connectivity index (χ2n) is 3.59. The van der Waals surface area contributed by atoms with Crippen molar-refractivity contribution in [1.29, 1.82) is 0 Å². The molecular weight excluding hydrogens is 152 g/mol. The number of carbonyl (C=O) groups is 1. The molecule has 3 heteroatoms. The number of primary amides is 1. The maximum atomic E-state index is 10.5. The summed E-state index contributed by atoms with van der Waals surface area (Å²) in [5, 5.41) is 3.17. The largest absolute Gasteiger partial charge is 0.369 e. The van der Waals surface area contributed by atoms with Crippen LogP contribution in [0, 0.1) is 0 Å². The van der Waals surface area contributed by atoms with Crippen molar-refractivity contribution in [2.45, 2.75) is 31.7 Å². The van der Waals surface area contributed by atoms with Gasteiger partial charge in [0.2, 0.25) is 5.91 Å². The molecule has 0 aromatic carbocycles. The molecule has 1 rings (SSSR count). The number of nitrogens with one attached hydrogen (secondary N) is 1. The third-order valence-corrected chi connectivity index (χ3v) is 2.29. The summed E-state index contributed by atoms with van der Waals surface area (Å²) in [6.07, 6.45) is 7.48. The first-order valence-electron chi connectivity index (χ1n) is 4.31. The highest BCUT2D eigenvalue weighted by Gasteiger charge is 2.23. The fourth-order valence-electron chi connectivity index (χ4n) is 1.43. The number of rotatable bonds is 3. The Kier molecular flexibility index (Phi) is 2.87. The molecule has 0 aliphatic heterocycles. The SMILES string of the molecule is CC1(NCC(N)=O)CC=CCC1. The van der Waals surface area contributed by atoms with Crippen molar-refractivity contribution in [2.75, 3.05) is 6.54 Å². The van der Waals surface area contributed by atoms with Gasteiger partial charge in [0.1, 0.15) is 0 Å². The Bertz CT molecular complexity index is 201. The lowest BCUT2D eigenvalue weighted by Gasteiger charge is -2.31. The number of allylic oxidation sites excluding steroid dienone is 1. The van der Waals surface area contributed by atoms with E-state index in [1.807, 2.05) is 0 Å². The molecule has 0 fully saturated rings. The molecule has 0 saturated heterocycles. The van der Waals surface area contributed by atoms with Crippen molar-refractivity contribution in [3.63, 3.8) is 0 Å². The first kappa shape index (κ1) is 9.26. The van der Waals surface area contributed by atoms with Gasteiger partial charge in [-0.15, -0.1) is 0 Å². The highest BCUT2D eigenvalue weighted by molar-refractivity contribution is 5.76. The highest BCUT2D eigenvalue weighted by atomic mass is 16.1. The Labute approximate surface area is 73.0 Å². The first-order valence-corrected chi connectivity index (χ1v) is 4.31. The van der Waals surface area contributed by atoms with E-state index < -0.39 is 0 Å². The number of nitrogens with two attached hydrogens (primary N) is 1. The molecule has 0 bridgehead atoms. The second kappa shape index (κ2) is 3.72. The zero-order valence-corrected chi connectivity index (χ0v) is 7.47. The van der Waals surface area contributed by atoms with Gasteiger partial charge in [-0.05, 0) is 26.2 Å². The van der Waals surface area contributed by atoms with Crippen LogP contribution >= 0.6 is 0 Å². The number of hydrogen-bond donors (Lipinski definition) is 2. The molecule has 1 atom stereocenters. The molecule has 0 radical (unpaired) electrons. The van der Waals surface area contributed by atoms with Crippen molar-refractivity contribution >= 4 is 5.91 Å². The Morgan fingerprint density at radius 3 is 2.92 bits per heavy atom. The van der Waals surface area contributed by atoms with Crippen molar-refractivity contribution in [3.05, 3.63) is 12.2 Å². The summed E-state index contributed by atoms with van der Waals surface area (Å²) in [5.74, 6) is -0.286. The normalized spacial score (nSPS) is 28.8. The third-order valence-electron chi connectivity index (χ3n) is 2.29. The Hall–Kier alpha value is -0.830. The topological polar surface area (TPSA) is 55.1 Å². The van der Waals surface area contributed by atoms with E-state index in [9.17, 15) is 4.79 Å². The van der Waals surface area contributed by atoms with Gasteiger partial charge >= 0.3 is 0 Å². The van der Waals surface area contributed by atoms with E-state index in [1.165, 1.54) is 0 Å². The number of carbonyl (C=O) groups excluding carboxylic acids is 1. The minimum Gasteiger partial charge on any atom is -0.369 e. The predicted octanol–water partition coefficient (Wildman–Crippen LogP) is 0.560. The maximum absolute atomic E-state index is 10.5. The van der Waals surface area contributed by atoms with E-state index in [4.69, 9.17) is 5.73 Å². The fraction of sp³-hybridized carbons (Fsp3) is 0.667. The lowest BCUT2D eigenvalue weighted by atomic mass is 9.88. The first-order chi connectivity index (χ1) is 5.62. The minimum absolute atomic E-state index is 0.0732. The van der Waals surface area contributed by atoms with Gasteiger partial charge in [-0.3, -0.25) is 4.79 Å². The van der Waals surface area contributed by atoms with E-state index in [2.05, 4.69) is 24.4 Å². The molecule has 0 aromatic heterocycles. The highest BCUT2D eigenvalue weighted by Crippen LogP contribution is 2.22. The van der Waals surface area contributed by atoms with E-state index in [-0.39, 0.29) is 18.0 Å². The Balaban J connectivity index is 2.38. The van der Waals surface area contributed by atoms with Gasteiger partial charge in [0.05, 0.1) is 6.54 Å². The van der Waals surface area contributed by atoms with Gasteiger partial charge < -0.3 is 11.1 Å². The molecule has 1 unspecified atom stereocenters. The van der Waals surface area contributed by atoms with E-state index >= 15 is 0 Å². The van der Waals surface area contributed by atoms with Crippen molar-refractivity contribution in [1.82, 2.24) is 5.32 Å². The molecule has 1 aliphatic carbocycles. The quantitative estimate of drug-likeness (QED) is 0.605. The van der Waals surface area contributed by atoms with Crippen molar-refractivity contribution in [2.24, 2.45) is 5.73 Å². The van der Waals surface area contributed by atoms with Gasteiger partial charge in [-0.1, -0.05) is 12.2 Å². The molecule has 68 valence electrons. The van der Waals surface area contributed by atoms with Crippen LogP contribution in [0.5, 0.6) is 0 Å². The summed E-state index contributed by atoms with van der Waals surface area (Å²) >= 11 is 0. The lowest BCUT2D eigenvalue weighted by Crippen LogP contribution is -2.46. The van der Waals surface area contributed by atoms with Gasteiger partial charge in [-0.25, -0.2) is 0 Å². The summed E-state index contributed by atoms with van der Waals surface area (Å²) < 4.78 is 0. The molecule has 1 amide bonds. The van der Waals surface area contributed by atoms with Crippen LogP contribution in [0.3, 0.4) is 0 Å². The van der Waals surface area contributed by atoms with E-state index in [0.717, 1.165) is 19.3 Å². The summed E-state index contributed by atoms with van der Waals surface area (Å²) in [4.78, 5) is 10.5. The molecule has 0 spiro atoms. The Morgan fingerprint density at radius 1 is 1.67 bits per heavy atom. The smallest absolute Gasteiger partial charge is 0.231 e. The van der Waals surface area contributed by atoms with Crippen LogP contribution in [0.15, 0.2) is 12.2 Å². The van der Waals surface area contributed by atoms with Gasteiger partial charge in [0, 0.05) is 5.54 Å². The molecule has 12 heavy (non-hydrogen) atoms. The Morgan fingerprint density at radius 2 is 2.42 bits per heavy atom. The van der Waals surface area contributed by atoms with Crippen molar-refractivity contribution < 1.29 is 4.79 Å². The summed E-state index contributed by atoms with van der Waals surface area (Å²) in [7, 11) is 0. The van der Waals surface area contributed by atoms with Crippen LogP contribution < -0.4 is 11.1 Å². The standard InChI is InChI=1S/C9H16N2O/c1-9(11-7-8(10)12)5-3-2-4-6-9/h2-3,11H,4-7H2,1H3,(H2,10,12). The number of amides is 1. The van der Waals surface area contributed by atoms with Gasteiger partial charge in [0.15, 0.2) is 0 Å². The van der Waals surface area contributed by atoms with Crippen LogP contribution in [-0.2, 0) is 4.79 Å². The zero-order valence-electron chi connectivity index (χ0n) is 7.47. The summed E-state index contributed by atoms with van der Waals surface area (Å²) in [5.41, 5.74) is 5.12. The summed E-state index contributed by atoms with van der Waals surface area (Å²) in [6, 6.07) is 0. The summed E-state index contributed by atoms with van der Waals surface area (Å²) in [6.45, 7) is 2.41. The third kappa shape index (κ3) is 2.66. The second-order valence-corrected chi connectivity index (χ2v) is 3.59. The van der Waals surface area contributed by atoms with E-state index in [1.54, 1.807) is 0 Å². The minimum atomic E-state index is -0.286.